The summed E-state index contributed by atoms with van der Waals surface area (Å²) < 4.78 is 0.924. The summed E-state index contributed by atoms with van der Waals surface area (Å²) in [4.78, 5) is 27.9. The largest absolute Gasteiger partial charge is 0.274 e. The van der Waals surface area contributed by atoms with E-state index in [1.807, 2.05) is 42.5 Å². The highest BCUT2D eigenvalue weighted by molar-refractivity contribution is 9.10. The second kappa shape index (κ2) is 6.01. The number of imide groups is 1. The summed E-state index contributed by atoms with van der Waals surface area (Å²) in [5.41, 5.74) is 1.75. The van der Waals surface area contributed by atoms with Crippen LogP contribution in [0.4, 0.5) is 5.69 Å². The molecule has 3 aliphatic heterocycles. The first-order chi connectivity index (χ1) is 12.7. The number of benzene rings is 2. The molecule has 2 aromatic carbocycles. The summed E-state index contributed by atoms with van der Waals surface area (Å²) in [5, 5.41) is 4.36. The van der Waals surface area contributed by atoms with Crippen molar-refractivity contribution in [1.82, 2.24) is 10.0 Å². The van der Waals surface area contributed by atoms with E-state index in [1.165, 1.54) is 4.90 Å². The van der Waals surface area contributed by atoms with Crippen molar-refractivity contribution < 1.29 is 9.59 Å². The van der Waals surface area contributed by atoms with Gasteiger partial charge < -0.3 is 0 Å². The molecule has 0 radical (unpaired) electrons. The first kappa shape index (κ1) is 16.2. The Morgan fingerprint density at radius 3 is 2.15 bits per heavy atom. The molecule has 5 rings (SSSR count). The number of anilines is 1. The minimum atomic E-state index is -0.390. The zero-order valence-electron chi connectivity index (χ0n) is 14.1. The number of fused-ring (bicyclic) bond motifs is 3. The molecular weight excluding hydrogens is 394 g/mol. The molecule has 26 heavy (non-hydrogen) atoms. The Balaban J connectivity index is 1.58. The number of amides is 2. The van der Waals surface area contributed by atoms with Crippen molar-refractivity contribution in [2.75, 3.05) is 18.0 Å². The van der Waals surface area contributed by atoms with E-state index in [-0.39, 0.29) is 29.8 Å². The normalized spacial score (nSPS) is 28.7. The van der Waals surface area contributed by atoms with Crippen LogP contribution in [0.25, 0.3) is 0 Å². The molecule has 0 N–H and O–H groups in total. The molecule has 0 aromatic heterocycles. The van der Waals surface area contributed by atoms with Crippen molar-refractivity contribution in [3.05, 3.63) is 64.6 Å². The van der Waals surface area contributed by atoms with Crippen LogP contribution < -0.4 is 4.90 Å². The van der Waals surface area contributed by atoms with Crippen LogP contribution in [0.15, 0.2) is 59.1 Å². The maximum absolute atomic E-state index is 13.3. The Morgan fingerprint density at radius 2 is 1.46 bits per heavy atom. The zero-order valence-corrected chi connectivity index (χ0v) is 15.7. The van der Waals surface area contributed by atoms with Crippen molar-refractivity contribution in [2.45, 2.75) is 18.5 Å². The maximum Gasteiger partial charge on any atom is 0.253 e. The minimum absolute atomic E-state index is 0.0689. The van der Waals surface area contributed by atoms with Crippen molar-refractivity contribution in [3.8, 4) is 0 Å². The molecule has 3 heterocycles. The minimum Gasteiger partial charge on any atom is -0.274 e. The molecule has 0 saturated carbocycles. The number of rotatable bonds is 2. The van der Waals surface area contributed by atoms with Crippen molar-refractivity contribution in [3.63, 3.8) is 0 Å². The van der Waals surface area contributed by atoms with E-state index < -0.39 is 0 Å². The van der Waals surface area contributed by atoms with Gasteiger partial charge in [-0.25, -0.2) is 14.9 Å². The van der Waals surface area contributed by atoms with Crippen LogP contribution in [0.3, 0.4) is 0 Å². The molecule has 3 aliphatic rings. The Morgan fingerprint density at radius 1 is 0.808 bits per heavy atom. The molecule has 132 valence electrons. The Bertz CT molecular complexity index is 870. The molecule has 0 unspecified atom stereocenters. The Kier molecular flexibility index (Phi) is 3.74. The second-order valence-corrected chi connectivity index (χ2v) is 7.91. The Labute approximate surface area is 160 Å². The molecule has 2 aromatic rings. The topological polar surface area (TPSA) is 43.9 Å². The molecule has 3 fully saturated rings. The Hall–Kier alpha value is -2.02. The van der Waals surface area contributed by atoms with Crippen molar-refractivity contribution in [1.29, 1.82) is 0 Å². The van der Waals surface area contributed by atoms with Gasteiger partial charge in [-0.2, -0.15) is 0 Å². The van der Waals surface area contributed by atoms with Crippen LogP contribution in [0.2, 0.25) is 0 Å². The lowest BCUT2D eigenvalue weighted by molar-refractivity contribution is -0.126. The van der Waals surface area contributed by atoms with Crippen molar-refractivity contribution in [2.24, 2.45) is 5.92 Å². The fourth-order valence-corrected chi connectivity index (χ4v) is 4.87. The number of halogens is 1. The fraction of sp³-hybridized carbons (Fsp3) is 0.300. The highest BCUT2D eigenvalue weighted by Crippen LogP contribution is 2.48. The molecule has 0 aliphatic carbocycles. The lowest BCUT2D eigenvalue weighted by Crippen LogP contribution is -2.44. The van der Waals surface area contributed by atoms with Crippen LogP contribution in [-0.4, -0.2) is 41.0 Å². The fourth-order valence-electron chi connectivity index (χ4n) is 4.61. The number of hydrogen-bond acceptors (Lipinski definition) is 4. The van der Waals surface area contributed by atoms with Gasteiger partial charge in [-0.1, -0.05) is 46.3 Å². The van der Waals surface area contributed by atoms with Crippen LogP contribution in [0, 0.1) is 5.92 Å². The van der Waals surface area contributed by atoms with Gasteiger partial charge in [0.2, 0.25) is 5.91 Å². The summed E-state index contributed by atoms with van der Waals surface area (Å²) >= 11 is 3.41. The standard InChI is InChI=1S/C20H18BrN3O2/c21-14-7-9-15(10-8-14)24-19(25)16-17(13-5-2-1-3-6-13)22-11-4-12-23(22)18(16)20(24)26/h1-3,5-10,16-18H,4,11-12H2/t16-,17-,18-/m1/s1. The lowest BCUT2D eigenvalue weighted by Gasteiger charge is -2.29. The summed E-state index contributed by atoms with van der Waals surface area (Å²) in [5.74, 6) is -0.549. The zero-order chi connectivity index (χ0) is 17.8. The predicted octanol–water partition coefficient (Wildman–Crippen LogP) is 2.98. The highest BCUT2D eigenvalue weighted by Gasteiger charge is 2.62. The van der Waals surface area contributed by atoms with Crippen LogP contribution in [0.1, 0.15) is 18.0 Å². The first-order valence-corrected chi connectivity index (χ1v) is 9.67. The number of hydrogen-bond donors (Lipinski definition) is 0. The van der Waals surface area contributed by atoms with Gasteiger partial charge in [0.05, 0.1) is 17.6 Å². The number of carbonyl (C=O) groups is 2. The van der Waals surface area contributed by atoms with Gasteiger partial charge in [-0.05, 0) is 36.2 Å². The average molecular weight is 412 g/mol. The van der Waals surface area contributed by atoms with Gasteiger partial charge in [0, 0.05) is 17.6 Å². The van der Waals surface area contributed by atoms with Gasteiger partial charge in [0.1, 0.15) is 6.04 Å². The lowest BCUT2D eigenvalue weighted by atomic mass is 9.90. The highest BCUT2D eigenvalue weighted by atomic mass is 79.9. The van der Waals surface area contributed by atoms with E-state index >= 15 is 0 Å². The van der Waals surface area contributed by atoms with Gasteiger partial charge in [0.25, 0.3) is 5.91 Å². The molecule has 3 atom stereocenters. The number of nitrogens with zero attached hydrogens (tertiary/aromatic N) is 3. The van der Waals surface area contributed by atoms with E-state index in [9.17, 15) is 9.59 Å². The molecule has 5 nitrogen and oxygen atoms in total. The van der Waals surface area contributed by atoms with Gasteiger partial charge in [-0.3, -0.25) is 9.59 Å². The maximum atomic E-state index is 13.3. The number of carbonyl (C=O) groups excluding carboxylic acids is 2. The molecule has 0 bridgehead atoms. The SMILES string of the molecule is O=C1[C@@H]2[C@@H](c3ccccc3)N3CCCN3[C@H]2C(=O)N1c1ccc(Br)cc1. The van der Waals surface area contributed by atoms with Gasteiger partial charge in [-0.15, -0.1) is 0 Å². The first-order valence-electron chi connectivity index (χ1n) is 8.88. The molecular formula is C20H18BrN3O2. The van der Waals surface area contributed by atoms with E-state index in [0.717, 1.165) is 29.5 Å². The summed E-state index contributed by atoms with van der Waals surface area (Å²) in [6.07, 6.45) is 1.02. The smallest absolute Gasteiger partial charge is 0.253 e. The van der Waals surface area contributed by atoms with Gasteiger partial charge >= 0.3 is 0 Å². The van der Waals surface area contributed by atoms with Crippen molar-refractivity contribution >= 4 is 33.4 Å². The third-order valence-electron chi connectivity index (χ3n) is 5.63. The molecule has 0 spiro atoms. The third-order valence-corrected chi connectivity index (χ3v) is 6.16. The summed E-state index contributed by atoms with van der Waals surface area (Å²) in [6.45, 7) is 1.73. The quantitative estimate of drug-likeness (QED) is 0.712. The van der Waals surface area contributed by atoms with E-state index in [1.54, 1.807) is 0 Å². The number of hydrazine groups is 1. The molecule has 2 amide bonds. The summed E-state index contributed by atoms with van der Waals surface area (Å²) in [6, 6.07) is 17.0. The van der Waals surface area contributed by atoms with Crippen LogP contribution in [0.5, 0.6) is 0 Å². The summed E-state index contributed by atoms with van der Waals surface area (Å²) in [7, 11) is 0. The van der Waals surface area contributed by atoms with Crippen LogP contribution >= 0.6 is 15.9 Å². The second-order valence-electron chi connectivity index (χ2n) is 6.99. The van der Waals surface area contributed by atoms with Crippen LogP contribution in [-0.2, 0) is 9.59 Å². The molecule has 6 heteroatoms. The predicted molar refractivity (Wildman–Crippen MR) is 101 cm³/mol. The third kappa shape index (κ3) is 2.22. The average Bonchev–Trinajstić information content (AvgIpc) is 3.29. The molecule has 3 saturated heterocycles. The van der Waals surface area contributed by atoms with E-state index in [4.69, 9.17) is 0 Å². The van der Waals surface area contributed by atoms with E-state index in [2.05, 4.69) is 38.1 Å². The van der Waals surface area contributed by atoms with E-state index in [0.29, 0.717) is 5.69 Å². The monoisotopic (exact) mass is 411 g/mol. The van der Waals surface area contributed by atoms with Gasteiger partial charge in [0.15, 0.2) is 0 Å².